The maximum Gasteiger partial charge on any atom is 0.223 e. The van der Waals surface area contributed by atoms with Gasteiger partial charge in [0.1, 0.15) is 0 Å². The van der Waals surface area contributed by atoms with Crippen LogP contribution in [0.3, 0.4) is 0 Å². The zero-order valence-corrected chi connectivity index (χ0v) is 9.67. The molecule has 0 radical (unpaired) electrons. The highest BCUT2D eigenvalue weighted by Gasteiger charge is 2.20. The molecule has 2 N–H and O–H groups in total. The summed E-state index contributed by atoms with van der Waals surface area (Å²) in [7, 11) is 0. The van der Waals surface area contributed by atoms with Crippen LogP contribution in [0.2, 0.25) is 0 Å². The summed E-state index contributed by atoms with van der Waals surface area (Å²) in [6, 6.07) is -0.108. The second-order valence-electron chi connectivity index (χ2n) is 4.63. The van der Waals surface area contributed by atoms with Crippen LogP contribution in [-0.4, -0.2) is 23.7 Å². The van der Waals surface area contributed by atoms with E-state index in [1.807, 2.05) is 6.92 Å². The normalized spacial score (nSPS) is 21.5. The van der Waals surface area contributed by atoms with Gasteiger partial charge < -0.3 is 10.4 Å². The minimum atomic E-state index is -0.108. The summed E-state index contributed by atoms with van der Waals surface area (Å²) in [5.74, 6) is 0.317. The average molecular weight is 213 g/mol. The molecule has 3 nitrogen and oxygen atoms in total. The van der Waals surface area contributed by atoms with Gasteiger partial charge in [0, 0.05) is 12.0 Å². The van der Waals surface area contributed by atoms with E-state index in [1.54, 1.807) is 0 Å². The quantitative estimate of drug-likeness (QED) is 0.751. The Morgan fingerprint density at radius 2 is 1.80 bits per heavy atom. The number of hydrogen-bond acceptors (Lipinski definition) is 2. The van der Waals surface area contributed by atoms with Crippen LogP contribution in [0.4, 0.5) is 0 Å². The fourth-order valence-corrected chi connectivity index (χ4v) is 2.12. The highest BCUT2D eigenvalue weighted by molar-refractivity contribution is 5.78. The predicted octanol–water partition coefficient (Wildman–Crippen LogP) is 1.84. The molecule has 0 spiro atoms. The van der Waals surface area contributed by atoms with Crippen LogP contribution < -0.4 is 5.32 Å². The maximum absolute atomic E-state index is 11.8. The molecule has 3 heteroatoms. The Labute approximate surface area is 92.3 Å². The van der Waals surface area contributed by atoms with Gasteiger partial charge >= 0.3 is 0 Å². The summed E-state index contributed by atoms with van der Waals surface area (Å²) < 4.78 is 0. The monoisotopic (exact) mass is 213 g/mol. The van der Waals surface area contributed by atoms with Crippen molar-refractivity contribution in [2.24, 2.45) is 5.92 Å². The van der Waals surface area contributed by atoms with E-state index in [0.717, 1.165) is 12.8 Å². The number of nitrogens with one attached hydrogen (secondary N) is 1. The third-order valence-corrected chi connectivity index (χ3v) is 3.14. The van der Waals surface area contributed by atoms with Gasteiger partial charge in [0.05, 0.1) is 6.61 Å². The van der Waals surface area contributed by atoms with E-state index in [2.05, 4.69) is 5.32 Å². The van der Waals surface area contributed by atoms with Crippen molar-refractivity contribution in [3.05, 3.63) is 0 Å². The lowest BCUT2D eigenvalue weighted by Crippen LogP contribution is -2.39. The Balaban J connectivity index is 2.34. The number of rotatable bonds is 3. The van der Waals surface area contributed by atoms with Gasteiger partial charge in [0.25, 0.3) is 0 Å². The Kier molecular flexibility index (Phi) is 5.69. The molecule has 1 aliphatic carbocycles. The van der Waals surface area contributed by atoms with Gasteiger partial charge in [-0.1, -0.05) is 32.1 Å². The van der Waals surface area contributed by atoms with Gasteiger partial charge in [-0.3, -0.25) is 4.79 Å². The standard InChI is InChI=1S/C12H23NO2/c1-10(9-14)13-12(15)11-7-5-3-2-4-6-8-11/h10-11,14H,2-9H2,1H3,(H,13,15). The van der Waals surface area contributed by atoms with Crippen LogP contribution >= 0.6 is 0 Å². The summed E-state index contributed by atoms with van der Waals surface area (Å²) in [6.45, 7) is 1.86. The van der Waals surface area contributed by atoms with Crippen LogP contribution in [0.15, 0.2) is 0 Å². The fraction of sp³-hybridized carbons (Fsp3) is 0.917. The van der Waals surface area contributed by atoms with Gasteiger partial charge in [-0.25, -0.2) is 0 Å². The second-order valence-corrected chi connectivity index (χ2v) is 4.63. The molecule has 0 aromatic carbocycles. The number of carbonyl (C=O) groups excluding carboxylic acids is 1. The van der Waals surface area contributed by atoms with Gasteiger partial charge in [-0.05, 0) is 19.8 Å². The Bertz CT molecular complexity index is 186. The van der Waals surface area contributed by atoms with E-state index < -0.39 is 0 Å². The highest BCUT2D eigenvalue weighted by atomic mass is 16.3. The van der Waals surface area contributed by atoms with E-state index in [1.165, 1.54) is 32.1 Å². The first kappa shape index (κ1) is 12.5. The number of amides is 1. The molecule has 0 saturated heterocycles. The number of carbonyl (C=O) groups is 1. The van der Waals surface area contributed by atoms with Crippen molar-refractivity contribution in [3.8, 4) is 0 Å². The van der Waals surface area contributed by atoms with Gasteiger partial charge in [0.15, 0.2) is 0 Å². The van der Waals surface area contributed by atoms with Crippen LogP contribution in [0, 0.1) is 5.92 Å². The first-order chi connectivity index (χ1) is 7.24. The van der Waals surface area contributed by atoms with E-state index in [4.69, 9.17) is 5.11 Å². The summed E-state index contributed by atoms with van der Waals surface area (Å²) in [5.41, 5.74) is 0. The number of aliphatic hydroxyl groups is 1. The summed E-state index contributed by atoms with van der Waals surface area (Å²) in [6.07, 6.45) is 8.23. The molecule has 0 bridgehead atoms. The van der Waals surface area contributed by atoms with Crippen LogP contribution in [-0.2, 0) is 4.79 Å². The van der Waals surface area contributed by atoms with E-state index in [0.29, 0.717) is 0 Å². The third kappa shape index (κ3) is 4.65. The predicted molar refractivity (Wildman–Crippen MR) is 60.5 cm³/mol. The summed E-state index contributed by atoms with van der Waals surface area (Å²) in [5, 5.41) is 11.7. The maximum atomic E-state index is 11.8. The molecular formula is C12H23NO2. The molecule has 1 unspecified atom stereocenters. The molecule has 0 aromatic heterocycles. The number of hydrogen-bond donors (Lipinski definition) is 2. The second kappa shape index (κ2) is 6.83. The first-order valence-electron chi connectivity index (χ1n) is 6.15. The lowest BCUT2D eigenvalue weighted by molar-refractivity contribution is -0.126. The van der Waals surface area contributed by atoms with Gasteiger partial charge in [0.2, 0.25) is 5.91 Å². The SMILES string of the molecule is CC(CO)NC(=O)C1CCCCCCC1. The molecule has 15 heavy (non-hydrogen) atoms. The van der Waals surface area contributed by atoms with Crippen molar-refractivity contribution in [1.82, 2.24) is 5.32 Å². The smallest absolute Gasteiger partial charge is 0.223 e. The lowest BCUT2D eigenvalue weighted by Gasteiger charge is -2.21. The highest BCUT2D eigenvalue weighted by Crippen LogP contribution is 2.22. The fourth-order valence-electron chi connectivity index (χ4n) is 2.12. The molecule has 88 valence electrons. The molecule has 1 rings (SSSR count). The third-order valence-electron chi connectivity index (χ3n) is 3.14. The zero-order chi connectivity index (χ0) is 11.1. The van der Waals surface area contributed by atoms with Gasteiger partial charge in [-0.2, -0.15) is 0 Å². The molecular weight excluding hydrogens is 190 g/mol. The van der Waals surface area contributed by atoms with Crippen molar-refractivity contribution in [1.29, 1.82) is 0 Å². The lowest BCUT2D eigenvalue weighted by atomic mass is 9.90. The largest absolute Gasteiger partial charge is 0.394 e. The Morgan fingerprint density at radius 1 is 1.27 bits per heavy atom. The summed E-state index contributed by atoms with van der Waals surface area (Å²) in [4.78, 5) is 11.8. The van der Waals surface area contributed by atoms with Crippen molar-refractivity contribution >= 4 is 5.91 Å². The topological polar surface area (TPSA) is 49.3 Å². The van der Waals surface area contributed by atoms with Crippen LogP contribution in [0.5, 0.6) is 0 Å². The molecule has 1 amide bonds. The molecule has 1 saturated carbocycles. The van der Waals surface area contributed by atoms with E-state index in [-0.39, 0.29) is 24.5 Å². The first-order valence-corrected chi connectivity index (χ1v) is 6.15. The molecule has 1 fully saturated rings. The van der Waals surface area contributed by atoms with Crippen LogP contribution in [0.1, 0.15) is 51.9 Å². The van der Waals surface area contributed by atoms with Crippen molar-refractivity contribution < 1.29 is 9.90 Å². The molecule has 0 aromatic rings. The molecule has 1 atom stereocenters. The van der Waals surface area contributed by atoms with Crippen molar-refractivity contribution in [2.75, 3.05) is 6.61 Å². The molecule has 1 aliphatic rings. The van der Waals surface area contributed by atoms with Crippen molar-refractivity contribution in [3.63, 3.8) is 0 Å². The van der Waals surface area contributed by atoms with Crippen LogP contribution in [0.25, 0.3) is 0 Å². The average Bonchev–Trinajstić information content (AvgIpc) is 2.16. The van der Waals surface area contributed by atoms with Gasteiger partial charge in [-0.15, -0.1) is 0 Å². The number of aliphatic hydroxyl groups excluding tert-OH is 1. The zero-order valence-electron chi connectivity index (χ0n) is 9.67. The van der Waals surface area contributed by atoms with E-state index >= 15 is 0 Å². The Hall–Kier alpha value is -0.570. The Morgan fingerprint density at radius 3 is 2.33 bits per heavy atom. The van der Waals surface area contributed by atoms with Crippen molar-refractivity contribution in [2.45, 2.75) is 57.9 Å². The minimum absolute atomic E-state index is 0.0262. The summed E-state index contributed by atoms with van der Waals surface area (Å²) >= 11 is 0. The molecule has 0 heterocycles. The minimum Gasteiger partial charge on any atom is -0.394 e. The van der Waals surface area contributed by atoms with E-state index in [9.17, 15) is 4.79 Å². The molecule has 0 aliphatic heterocycles.